The lowest BCUT2D eigenvalue weighted by molar-refractivity contribution is 0.0519. The third-order valence-corrected chi connectivity index (χ3v) is 6.17. The highest BCUT2D eigenvalue weighted by Crippen LogP contribution is 2.30. The average molecular weight is 549 g/mol. The number of fused-ring (bicyclic) bond motifs is 1. The fourth-order valence-corrected chi connectivity index (χ4v) is 3.99. The van der Waals surface area contributed by atoms with Crippen LogP contribution in [0.15, 0.2) is 12.1 Å². The van der Waals surface area contributed by atoms with Gasteiger partial charge in [0.2, 0.25) is 5.82 Å². The Kier molecular flexibility index (Phi) is 7.19. The van der Waals surface area contributed by atoms with Crippen molar-refractivity contribution in [3.63, 3.8) is 0 Å². The first-order valence-electron chi connectivity index (χ1n) is 10.4. The van der Waals surface area contributed by atoms with Crippen molar-refractivity contribution in [2.24, 2.45) is 0 Å². The minimum atomic E-state index is -2.35. The lowest BCUT2D eigenvalue weighted by Crippen LogP contribution is -2.50. The van der Waals surface area contributed by atoms with Crippen molar-refractivity contribution < 1.29 is 36.3 Å². The number of nitrogens with zero attached hydrogens (tertiary/aromatic N) is 4. The van der Waals surface area contributed by atoms with Crippen LogP contribution in [0.2, 0.25) is 10.0 Å². The number of piperazine rings is 1. The van der Waals surface area contributed by atoms with E-state index in [1.807, 2.05) is 0 Å². The van der Waals surface area contributed by atoms with Crippen LogP contribution in [0, 0.1) is 29.1 Å². The number of amides is 1. The molecule has 0 spiro atoms. The molecule has 2 heterocycles. The second kappa shape index (κ2) is 10.0. The highest BCUT2D eigenvalue weighted by atomic mass is 35.5. The summed E-state index contributed by atoms with van der Waals surface area (Å²) in [5.41, 5.74) is -1.09. The average Bonchev–Trinajstić information content (AvgIpc) is 2.86. The third-order valence-electron chi connectivity index (χ3n) is 5.45. The van der Waals surface area contributed by atoms with E-state index in [2.05, 4.69) is 9.97 Å². The van der Waals surface area contributed by atoms with Gasteiger partial charge in [-0.1, -0.05) is 23.2 Å². The Morgan fingerprint density at radius 1 is 0.861 bits per heavy atom. The van der Waals surface area contributed by atoms with E-state index in [9.17, 15) is 31.5 Å². The number of anilines is 1. The number of carbonyl (C=O) groups is 2. The highest BCUT2D eigenvalue weighted by molar-refractivity contribution is 6.42. The van der Waals surface area contributed by atoms with Gasteiger partial charge in [0.1, 0.15) is 5.56 Å². The van der Waals surface area contributed by atoms with E-state index in [0.717, 1.165) is 4.90 Å². The van der Waals surface area contributed by atoms with Gasteiger partial charge < -0.3 is 14.5 Å². The van der Waals surface area contributed by atoms with Gasteiger partial charge in [-0.15, -0.1) is 0 Å². The maximum absolute atomic E-state index is 14.1. The second-order valence-corrected chi connectivity index (χ2v) is 8.41. The largest absolute Gasteiger partial charge is 0.461 e. The predicted octanol–water partition coefficient (Wildman–Crippen LogP) is 4.77. The Bertz CT molecular complexity index is 1370. The maximum atomic E-state index is 14.1. The molecule has 14 heteroatoms. The van der Waals surface area contributed by atoms with E-state index in [0.29, 0.717) is 5.52 Å². The quantitative estimate of drug-likeness (QED) is 0.202. The lowest BCUT2D eigenvalue weighted by Gasteiger charge is -2.36. The van der Waals surface area contributed by atoms with Gasteiger partial charge in [0.05, 0.1) is 27.7 Å². The number of esters is 1. The molecule has 0 atom stereocenters. The summed E-state index contributed by atoms with van der Waals surface area (Å²) in [5, 5.41) is 0.396. The Balaban J connectivity index is 1.64. The van der Waals surface area contributed by atoms with Crippen molar-refractivity contribution in [2.45, 2.75) is 6.92 Å². The van der Waals surface area contributed by atoms with Crippen LogP contribution < -0.4 is 4.90 Å². The molecule has 0 radical (unpaired) electrons. The topological polar surface area (TPSA) is 75.6 Å². The molecule has 7 nitrogen and oxygen atoms in total. The van der Waals surface area contributed by atoms with Gasteiger partial charge in [-0.2, -0.15) is 0 Å². The molecule has 0 aliphatic carbocycles. The first-order chi connectivity index (χ1) is 17.0. The van der Waals surface area contributed by atoms with Crippen LogP contribution >= 0.6 is 23.2 Å². The molecule has 0 bridgehead atoms. The summed E-state index contributed by atoms with van der Waals surface area (Å²) in [4.78, 5) is 36.5. The normalized spacial score (nSPS) is 13.9. The van der Waals surface area contributed by atoms with E-state index >= 15 is 0 Å². The molecule has 36 heavy (non-hydrogen) atoms. The number of ether oxygens (including phenoxy) is 1. The number of hydrogen-bond donors (Lipinski definition) is 0. The molecule has 0 N–H and O–H groups in total. The fourth-order valence-electron chi connectivity index (χ4n) is 3.67. The van der Waals surface area contributed by atoms with Crippen LogP contribution in [-0.4, -0.2) is 59.5 Å². The first kappa shape index (κ1) is 25.8. The molecule has 3 aromatic rings. The Hall–Kier alpha value is -3.25. The maximum Gasteiger partial charge on any atom is 0.360 e. The van der Waals surface area contributed by atoms with Crippen molar-refractivity contribution in [1.82, 2.24) is 14.9 Å². The van der Waals surface area contributed by atoms with Crippen molar-refractivity contribution in [3.05, 3.63) is 62.5 Å². The molecule has 1 amide bonds. The molecule has 1 saturated heterocycles. The van der Waals surface area contributed by atoms with Gasteiger partial charge >= 0.3 is 5.97 Å². The summed E-state index contributed by atoms with van der Waals surface area (Å²) >= 11 is 12.1. The van der Waals surface area contributed by atoms with E-state index in [4.69, 9.17) is 27.9 Å². The summed E-state index contributed by atoms with van der Waals surface area (Å²) in [7, 11) is 0. The van der Waals surface area contributed by atoms with Crippen molar-refractivity contribution in [2.75, 3.05) is 37.7 Å². The molecule has 1 aliphatic heterocycles. The predicted molar refractivity (Wildman–Crippen MR) is 120 cm³/mol. The van der Waals surface area contributed by atoms with Gasteiger partial charge in [-0.3, -0.25) is 4.79 Å². The van der Waals surface area contributed by atoms with Gasteiger partial charge in [0.15, 0.2) is 34.8 Å². The number of hydrogen-bond acceptors (Lipinski definition) is 6. The smallest absolute Gasteiger partial charge is 0.360 e. The van der Waals surface area contributed by atoms with Crippen molar-refractivity contribution in [1.29, 1.82) is 0 Å². The van der Waals surface area contributed by atoms with E-state index in [1.165, 1.54) is 12.1 Å². The number of halogens is 7. The SMILES string of the molecule is CCOC(=O)c1nc2cc(Cl)c(Cl)cc2nc1N1CCN(C(=O)c2c(F)c(F)c(F)c(F)c2F)CC1. The first-order valence-corrected chi connectivity index (χ1v) is 11.2. The van der Waals surface area contributed by atoms with Gasteiger partial charge in [0.25, 0.3) is 5.91 Å². The molecule has 0 unspecified atom stereocenters. The summed E-state index contributed by atoms with van der Waals surface area (Å²) in [6, 6.07) is 2.88. The number of carbonyl (C=O) groups excluding carboxylic acids is 2. The minimum Gasteiger partial charge on any atom is -0.461 e. The Morgan fingerprint density at radius 3 is 1.89 bits per heavy atom. The molecule has 1 aromatic heterocycles. The third kappa shape index (κ3) is 4.50. The molecule has 4 rings (SSSR count). The van der Waals surface area contributed by atoms with E-state index in [-0.39, 0.29) is 59.9 Å². The van der Waals surface area contributed by atoms with E-state index in [1.54, 1.807) is 11.8 Å². The summed E-state index contributed by atoms with van der Waals surface area (Å²) in [5.74, 6) is -13.2. The zero-order chi connectivity index (χ0) is 26.3. The lowest BCUT2D eigenvalue weighted by atomic mass is 10.1. The molecular weight excluding hydrogens is 534 g/mol. The monoisotopic (exact) mass is 548 g/mol. The molecule has 1 aliphatic rings. The van der Waals surface area contributed by atoms with Gasteiger partial charge in [-0.25, -0.2) is 36.7 Å². The Labute approximate surface area is 210 Å². The zero-order valence-electron chi connectivity index (χ0n) is 18.3. The van der Waals surface area contributed by atoms with Crippen molar-refractivity contribution >= 4 is 51.9 Å². The Morgan fingerprint density at radius 2 is 1.36 bits per heavy atom. The van der Waals surface area contributed by atoms with Crippen LogP contribution in [-0.2, 0) is 4.74 Å². The highest BCUT2D eigenvalue weighted by Gasteiger charge is 2.34. The molecule has 2 aromatic carbocycles. The zero-order valence-corrected chi connectivity index (χ0v) is 19.9. The molecule has 1 fully saturated rings. The standard InChI is InChI=1S/C22H15Cl2F5N4O3/c1-2-36-22(35)19-20(31-12-8-10(24)9(23)7-11(12)30-19)32-3-5-33(6-4-32)21(34)13-14(25)16(27)18(29)17(28)15(13)26/h7-8H,2-6H2,1H3. The number of rotatable bonds is 4. The van der Waals surface area contributed by atoms with Crippen LogP contribution in [0.3, 0.4) is 0 Å². The summed E-state index contributed by atoms with van der Waals surface area (Å²) < 4.78 is 73.7. The van der Waals surface area contributed by atoms with Gasteiger partial charge in [-0.05, 0) is 19.1 Å². The molecular formula is C22H15Cl2F5N4O3. The van der Waals surface area contributed by atoms with Crippen molar-refractivity contribution in [3.8, 4) is 0 Å². The van der Waals surface area contributed by atoms with Crippen LogP contribution in [0.4, 0.5) is 27.8 Å². The number of benzene rings is 2. The summed E-state index contributed by atoms with van der Waals surface area (Å²) in [6.45, 7) is 1.30. The van der Waals surface area contributed by atoms with E-state index < -0.39 is 46.5 Å². The minimum absolute atomic E-state index is 0.00491. The summed E-state index contributed by atoms with van der Waals surface area (Å²) in [6.07, 6.45) is 0. The second-order valence-electron chi connectivity index (χ2n) is 7.60. The molecule has 0 saturated carbocycles. The number of aromatic nitrogens is 2. The van der Waals surface area contributed by atoms with Crippen LogP contribution in [0.5, 0.6) is 0 Å². The van der Waals surface area contributed by atoms with Crippen LogP contribution in [0.1, 0.15) is 27.8 Å². The molecule has 190 valence electrons. The van der Waals surface area contributed by atoms with Crippen LogP contribution in [0.25, 0.3) is 11.0 Å². The fraction of sp³-hybridized carbons (Fsp3) is 0.273. The van der Waals surface area contributed by atoms with Gasteiger partial charge in [0, 0.05) is 26.2 Å².